The molecule has 0 amide bonds. The minimum Gasteiger partial charge on any atom is -0.453 e. The molecule has 0 N–H and O–H groups in total. The summed E-state index contributed by atoms with van der Waals surface area (Å²) in [7, 11) is 0. The smallest absolute Gasteiger partial charge is 0.252 e. The third-order valence-electron chi connectivity index (χ3n) is 34.0. The van der Waals surface area contributed by atoms with Crippen LogP contribution in [0.4, 0.5) is 136 Å². The fraction of sp³-hybridized carbons (Fsp3) is 0.0455. The predicted octanol–water partition coefficient (Wildman–Crippen LogP) is 27.4. The largest absolute Gasteiger partial charge is 0.453 e. The molecule has 700 valence electrons. The summed E-state index contributed by atoms with van der Waals surface area (Å²) in [6.45, 7) is 10.1. The molecule has 16 aliphatic rings. The van der Waals surface area contributed by atoms with Gasteiger partial charge >= 0.3 is 0 Å². The molecule has 0 atom stereocenters. The zero-order valence-electron chi connectivity index (χ0n) is 81.9. The fourth-order valence-corrected chi connectivity index (χ4v) is 30.3. The lowest BCUT2D eigenvalue weighted by atomic mass is 9.32. The molecule has 0 fully saturated rings. The van der Waals surface area contributed by atoms with Gasteiger partial charge in [-0.3, -0.25) is 0 Å². The fourth-order valence-electron chi connectivity index (χ4n) is 28.1. The molecule has 0 saturated heterocycles. The zero-order chi connectivity index (χ0) is 98.3. The third-order valence-corrected chi connectivity index (χ3v) is 36.3. The van der Waals surface area contributed by atoms with Crippen LogP contribution in [0.5, 0.6) is 46.0 Å². The maximum Gasteiger partial charge on any atom is 0.252 e. The molecule has 12 nitrogen and oxygen atoms in total. The van der Waals surface area contributed by atoms with Crippen LogP contribution in [0.1, 0.15) is 49.9 Å². The van der Waals surface area contributed by atoms with Crippen LogP contribution in [0.3, 0.4) is 0 Å². The highest BCUT2D eigenvalue weighted by molar-refractivity contribution is 8.00. The van der Waals surface area contributed by atoms with Crippen LogP contribution in [0.25, 0.3) is 11.1 Å². The van der Waals surface area contributed by atoms with Crippen molar-refractivity contribution >= 4 is 252 Å². The molecule has 0 saturated carbocycles. The second-order valence-electron chi connectivity index (χ2n) is 42.2. The molecule has 0 aromatic heterocycles. The van der Waals surface area contributed by atoms with E-state index in [-0.39, 0.29) is 37.7 Å². The molecule has 0 spiro atoms. The lowest BCUT2D eigenvalue weighted by molar-refractivity contribution is 0.476. The van der Waals surface area contributed by atoms with E-state index in [1.165, 1.54) is 210 Å². The number of benzene rings is 21. The number of rotatable bonds is 1. The van der Waals surface area contributed by atoms with Gasteiger partial charge in [-0.25, -0.2) is 0 Å². The van der Waals surface area contributed by atoms with Crippen molar-refractivity contribution in [3.63, 3.8) is 0 Å². The Morgan fingerprint density at radius 2 is 0.387 bits per heavy atom. The Kier molecular flexibility index (Phi) is 16.9. The van der Waals surface area contributed by atoms with Crippen molar-refractivity contribution in [2.24, 2.45) is 0 Å². The molecule has 0 aliphatic carbocycles. The van der Waals surface area contributed by atoms with Crippen molar-refractivity contribution in [2.75, 3.05) is 39.2 Å². The van der Waals surface area contributed by atoms with E-state index in [0.29, 0.717) is 0 Å². The van der Waals surface area contributed by atoms with Gasteiger partial charge in [0, 0.05) is 87.3 Å². The van der Waals surface area contributed by atoms with Gasteiger partial charge in [-0.05, 0) is 269 Å². The van der Waals surface area contributed by atoms with Crippen molar-refractivity contribution in [3.05, 3.63) is 459 Å². The second-order valence-corrected chi connectivity index (χ2v) is 44.4. The van der Waals surface area contributed by atoms with E-state index in [9.17, 15) is 0 Å². The molecule has 16 aliphatic heterocycles. The minimum atomic E-state index is -0.0781. The highest BCUT2D eigenvalue weighted by Crippen LogP contribution is 2.65. The van der Waals surface area contributed by atoms with Crippen LogP contribution >= 0.6 is 23.5 Å². The van der Waals surface area contributed by atoms with E-state index in [1.807, 2.05) is 59.9 Å². The summed E-state index contributed by atoms with van der Waals surface area (Å²) in [5.41, 5.74) is 53.1. The van der Waals surface area contributed by atoms with E-state index in [1.54, 1.807) is 0 Å². The molecule has 18 heteroatoms. The first-order valence-corrected chi connectivity index (χ1v) is 53.5. The van der Waals surface area contributed by atoms with Crippen molar-refractivity contribution in [2.45, 2.75) is 58.1 Å². The van der Waals surface area contributed by atoms with Gasteiger partial charge < -0.3 is 58.1 Å². The van der Waals surface area contributed by atoms with Gasteiger partial charge in [0.2, 0.25) is 0 Å². The van der Waals surface area contributed by atoms with E-state index < -0.39 is 0 Å². The Labute approximate surface area is 878 Å². The van der Waals surface area contributed by atoms with E-state index in [2.05, 4.69) is 467 Å². The Morgan fingerprint density at radius 1 is 0.167 bits per heavy atom. The molecule has 0 unspecified atom stereocenters. The topological polar surface area (TPSA) is 62.8 Å². The summed E-state index contributed by atoms with van der Waals surface area (Å²) in [5.74, 6) is 7.04. The summed E-state index contributed by atoms with van der Waals surface area (Å²) in [5, 5.41) is 0. The summed E-state index contributed by atoms with van der Waals surface area (Å²) < 4.78 is 25.9. The van der Waals surface area contributed by atoms with Crippen LogP contribution in [-0.2, 0) is 10.8 Å². The summed E-state index contributed by atoms with van der Waals surface area (Å²) >= 11 is 3.79. The summed E-state index contributed by atoms with van der Waals surface area (Å²) in [4.78, 5) is 25.1. The van der Waals surface area contributed by atoms with Crippen LogP contribution in [-0.4, -0.2) is 26.9 Å². The molecule has 37 rings (SSSR count). The van der Waals surface area contributed by atoms with Crippen molar-refractivity contribution in [3.8, 4) is 57.1 Å². The van der Waals surface area contributed by atoms with E-state index >= 15 is 0 Å². The van der Waals surface area contributed by atoms with Gasteiger partial charge in [-0.15, -0.1) is 0 Å². The Bertz CT molecular complexity index is 8910. The SMILES string of the molecule is CC1(C)c2ccccc2N2c3cccc4c3B(c3cccc1c32)c1cccc2c1N4c1ccccc1C2(C)C.c1ccc(-c2cc3c4c(c2)N2c5ccccc5Oc5cccc(c52)B4c2cccc4c2N3c2ccccc2O4)cc1.c1ccc2c(c1)Oc1cccc3c1N2c1cccc2c1B3c1cccc3c1N2c1ccccc1O3.c1ccc2c(c1)Sc1cccc3c1N2c1cccc2c1B3c1cccc3c1N2c1ccccc1S3. The quantitative estimate of drug-likeness (QED) is 0.147. The summed E-state index contributed by atoms with van der Waals surface area (Å²) in [6, 6.07) is 158. The highest BCUT2D eigenvalue weighted by atomic mass is 32.2. The Morgan fingerprint density at radius 3 is 0.733 bits per heavy atom. The van der Waals surface area contributed by atoms with Crippen LogP contribution in [0.2, 0.25) is 0 Å². The maximum absolute atomic E-state index is 6.53. The molecule has 21 aromatic carbocycles. The molecule has 150 heavy (non-hydrogen) atoms. The molecule has 16 heterocycles. The standard InChI is InChI=1S/C36H21BN2O2.C36H29BN2.C30H17BN2O2.C30H17BN2S2/c1-2-10-22(11-3-1)23-20-28-34-29(21-23)39-27-15-5-7-17-31(27)41-33-19-9-13-25(36(33)39)37(34)24-12-8-18-32-35(24)38(28)26-14-4-6-16-30(26)40-32;1-35(2)22-12-5-7-18-28(22)38-30-20-11-21-31-32(30)37(26-16-9-14-24(35)33(26)38)27-17-10-15-25-34(27)39(31)29-19-8-6-13-23(29)36(25,3)4;2*1-3-14-24-20(10-1)32-22-12-7-13-23-28(22)31(18-8-5-16-26(34-24)29(18)32)19-9-6-17-27-30(19)33(23)21-11-2-4-15-25(21)35-27/h1-21H;5-21H,1-4H3;2*1-17H. The minimum absolute atomic E-state index is 0.0324. The van der Waals surface area contributed by atoms with Crippen LogP contribution < -0.4 is 124 Å². The maximum atomic E-state index is 6.53. The van der Waals surface area contributed by atoms with Gasteiger partial charge in [-0.1, -0.05) is 318 Å². The normalized spacial score (nSPS) is 15.3. The van der Waals surface area contributed by atoms with E-state index in [0.717, 1.165) is 91.5 Å². The first-order chi connectivity index (χ1) is 74.0. The number of fused-ring (bicyclic) bond motifs is 32. The number of hydrogen-bond acceptors (Lipinski definition) is 14. The van der Waals surface area contributed by atoms with Gasteiger partial charge in [0.1, 0.15) is 0 Å². The number of hydrogen-bond donors (Lipinski definition) is 0. The average Bonchev–Trinajstić information content (AvgIpc) is 0.671. The highest BCUT2D eigenvalue weighted by Gasteiger charge is 2.56. The average molecular weight is 1950 g/mol. The van der Waals surface area contributed by atoms with E-state index in [4.69, 9.17) is 18.9 Å². The number of para-hydroxylation sites is 20. The van der Waals surface area contributed by atoms with Gasteiger partial charge in [-0.2, -0.15) is 0 Å². The van der Waals surface area contributed by atoms with Crippen molar-refractivity contribution in [1.82, 2.24) is 0 Å². The Hall–Kier alpha value is -17.8. The van der Waals surface area contributed by atoms with Crippen molar-refractivity contribution < 1.29 is 18.9 Å². The molecule has 0 bridgehead atoms. The van der Waals surface area contributed by atoms with Gasteiger partial charge in [0.15, 0.2) is 46.0 Å². The molecule has 0 radical (unpaired) electrons. The van der Waals surface area contributed by atoms with Crippen molar-refractivity contribution in [1.29, 1.82) is 0 Å². The molecular weight excluding hydrogens is 1870 g/mol. The lowest BCUT2D eigenvalue weighted by Gasteiger charge is -2.51. The number of anilines is 24. The van der Waals surface area contributed by atoms with Crippen LogP contribution in [0, 0.1) is 0 Å². The van der Waals surface area contributed by atoms with Gasteiger partial charge in [0.25, 0.3) is 26.9 Å². The Balaban J connectivity index is 0.0000000852. The summed E-state index contributed by atoms with van der Waals surface area (Å²) in [6.07, 6.45) is 0. The number of nitrogens with zero attached hydrogens (tertiary/aromatic N) is 8. The predicted molar refractivity (Wildman–Crippen MR) is 620 cm³/mol. The zero-order valence-corrected chi connectivity index (χ0v) is 83.5. The second kappa shape index (κ2) is 30.5. The third kappa shape index (κ3) is 11.0. The monoisotopic (exact) mass is 1950 g/mol. The van der Waals surface area contributed by atoms with Gasteiger partial charge in [0.05, 0.1) is 79.6 Å². The van der Waals surface area contributed by atoms with Crippen LogP contribution in [0.15, 0.2) is 456 Å². The molecule has 21 aromatic rings. The lowest BCUT2D eigenvalue weighted by Crippen LogP contribution is -2.63. The molecular formula is C132H84B4N8O4S2. The first-order valence-electron chi connectivity index (χ1n) is 51.9. The first kappa shape index (κ1) is 83.4. The number of ether oxygens (including phenoxy) is 4.